The molecule has 1 aromatic carbocycles. The van der Waals surface area contributed by atoms with Crippen LogP contribution in [0.4, 0.5) is 15.3 Å². The molecular formula is C18H18Cl3N3O8S. The summed E-state index contributed by atoms with van der Waals surface area (Å²) in [6.07, 6.45) is -2.16. The Morgan fingerprint density at radius 1 is 1.18 bits per heavy atom. The number of amides is 3. The summed E-state index contributed by atoms with van der Waals surface area (Å²) in [5, 5.41) is 10.3. The van der Waals surface area contributed by atoms with Gasteiger partial charge in [0.2, 0.25) is 5.91 Å². The zero-order valence-corrected chi connectivity index (χ0v) is 20.2. The number of halogens is 3. The van der Waals surface area contributed by atoms with Gasteiger partial charge in [-0.3, -0.25) is 29.9 Å². The molecule has 33 heavy (non-hydrogen) atoms. The molecule has 1 saturated heterocycles. The second-order valence-corrected chi connectivity index (χ2v) is 9.70. The summed E-state index contributed by atoms with van der Waals surface area (Å²) in [5.74, 6) is -0.683. The molecule has 0 aliphatic carbocycles. The molecule has 2 rings (SSSR count). The summed E-state index contributed by atoms with van der Waals surface area (Å²) in [4.78, 5) is 56.4. The molecule has 1 fully saturated rings. The lowest BCUT2D eigenvalue weighted by Crippen LogP contribution is -2.53. The van der Waals surface area contributed by atoms with Crippen LogP contribution in [-0.4, -0.2) is 60.8 Å². The third kappa shape index (κ3) is 6.62. The van der Waals surface area contributed by atoms with E-state index in [1.54, 1.807) is 0 Å². The molecule has 0 bridgehead atoms. The number of ether oxygens (including phenoxy) is 2. The maximum absolute atomic E-state index is 12.9. The van der Waals surface area contributed by atoms with E-state index in [-0.39, 0.29) is 17.4 Å². The van der Waals surface area contributed by atoms with Crippen molar-refractivity contribution in [2.45, 2.75) is 41.6 Å². The van der Waals surface area contributed by atoms with Crippen LogP contribution in [0.1, 0.15) is 19.4 Å². The molecule has 1 aliphatic heterocycles. The van der Waals surface area contributed by atoms with Crippen molar-refractivity contribution in [1.29, 1.82) is 0 Å². The van der Waals surface area contributed by atoms with Gasteiger partial charge in [0.15, 0.2) is 10.1 Å². The number of likely N-dealkylation sites (tertiary alicyclic amines) is 1. The lowest BCUT2D eigenvalue weighted by molar-refractivity contribution is -0.384. The first kappa shape index (κ1) is 27.0. The van der Waals surface area contributed by atoms with Gasteiger partial charge in [0.05, 0.1) is 15.6 Å². The Morgan fingerprint density at radius 2 is 1.79 bits per heavy atom. The van der Waals surface area contributed by atoms with E-state index in [2.05, 4.69) is 0 Å². The van der Waals surface area contributed by atoms with Crippen molar-refractivity contribution in [3.63, 3.8) is 0 Å². The number of alkyl halides is 3. The average Bonchev–Trinajstić information content (AvgIpc) is 2.91. The van der Waals surface area contributed by atoms with Crippen molar-refractivity contribution in [2.75, 3.05) is 6.61 Å². The van der Waals surface area contributed by atoms with Gasteiger partial charge in [0.1, 0.15) is 18.7 Å². The van der Waals surface area contributed by atoms with Gasteiger partial charge in [0.25, 0.3) is 5.69 Å². The number of benzene rings is 1. The first-order chi connectivity index (χ1) is 15.4. The number of nitrogens with one attached hydrogen (secondary N) is 1. The maximum atomic E-state index is 12.9. The highest BCUT2D eigenvalue weighted by Gasteiger charge is 2.61. The molecule has 2 unspecified atom stereocenters. The Bertz CT molecular complexity index is 950. The van der Waals surface area contributed by atoms with Crippen LogP contribution in [0.25, 0.3) is 0 Å². The van der Waals surface area contributed by atoms with E-state index in [1.165, 1.54) is 31.2 Å². The van der Waals surface area contributed by atoms with Gasteiger partial charge in [-0.1, -0.05) is 35.0 Å². The van der Waals surface area contributed by atoms with Crippen molar-refractivity contribution >= 4 is 75.5 Å². The number of nitro groups is 1. The Balaban J connectivity index is 2.20. The number of nitro benzene ring substituents is 1. The van der Waals surface area contributed by atoms with Crippen molar-refractivity contribution < 1.29 is 33.6 Å². The lowest BCUT2D eigenvalue weighted by atomic mass is 10.2. The third-order valence-corrected chi connectivity index (χ3v) is 7.49. The summed E-state index contributed by atoms with van der Waals surface area (Å²) in [7, 11) is 0. The molecule has 3 amide bonds. The lowest BCUT2D eigenvalue weighted by Gasteiger charge is -2.34. The number of rotatable bonds is 6. The van der Waals surface area contributed by atoms with E-state index in [4.69, 9.17) is 44.3 Å². The second kappa shape index (κ2) is 11.2. The van der Waals surface area contributed by atoms with Gasteiger partial charge in [0, 0.05) is 26.0 Å². The van der Waals surface area contributed by atoms with E-state index in [1.807, 2.05) is 5.32 Å². The van der Waals surface area contributed by atoms with E-state index in [9.17, 15) is 29.3 Å². The highest BCUT2D eigenvalue weighted by Crippen LogP contribution is 2.48. The average molecular weight is 543 g/mol. The van der Waals surface area contributed by atoms with Crippen LogP contribution >= 0.6 is 46.6 Å². The molecule has 4 atom stereocenters. The number of nitrogens with zero attached hydrogens (tertiary/aromatic N) is 2. The number of hydrogen-bond acceptors (Lipinski definition) is 9. The first-order valence-corrected chi connectivity index (χ1v) is 11.3. The predicted octanol–water partition coefficient (Wildman–Crippen LogP) is 3.58. The highest BCUT2D eigenvalue weighted by molar-refractivity contribution is 8.14. The summed E-state index contributed by atoms with van der Waals surface area (Å²) >= 11 is 20.2. The quantitative estimate of drug-likeness (QED) is 0.247. The molecule has 0 aromatic heterocycles. The zero-order valence-electron chi connectivity index (χ0n) is 17.2. The number of hydrogen-bond donors (Lipinski definition) is 1. The third-order valence-electron chi connectivity index (χ3n) is 4.32. The summed E-state index contributed by atoms with van der Waals surface area (Å²) in [6.45, 7) is 1.41. The van der Waals surface area contributed by atoms with E-state index < -0.39 is 50.8 Å². The predicted molar refractivity (Wildman–Crippen MR) is 120 cm³/mol. The van der Waals surface area contributed by atoms with Gasteiger partial charge >= 0.3 is 12.2 Å². The highest BCUT2D eigenvalue weighted by atomic mass is 35.5. The fourth-order valence-electron chi connectivity index (χ4n) is 2.86. The van der Waals surface area contributed by atoms with Crippen LogP contribution in [0.2, 0.25) is 0 Å². The second-order valence-electron chi connectivity index (χ2n) is 6.77. The number of carbonyl (C=O) groups is 4. The van der Waals surface area contributed by atoms with Crippen molar-refractivity contribution in [2.24, 2.45) is 0 Å². The minimum atomic E-state index is -1.91. The topological polar surface area (TPSA) is 145 Å². The van der Waals surface area contributed by atoms with E-state index in [0.29, 0.717) is 5.56 Å². The van der Waals surface area contributed by atoms with Gasteiger partial charge in [-0.05, 0) is 17.7 Å². The Morgan fingerprint density at radius 3 is 2.30 bits per heavy atom. The monoisotopic (exact) mass is 541 g/mol. The summed E-state index contributed by atoms with van der Waals surface area (Å²) in [5.41, 5.74) is -0.920. The molecule has 1 N–H and O–H groups in total. The van der Waals surface area contributed by atoms with Crippen molar-refractivity contribution in [1.82, 2.24) is 10.2 Å². The smallest absolute Gasteiger partial charge is 0.413 e. The van der Waals surface area contributed by atoms with Crippen LogP contribution in [0.15, 0.2) is 24.3 Å². The number of thioether (sulfide) groups is 1. The fraction of sp³-hybridized carbons (Fsp3) is 0.444. The fourth-order valence-corrected chi connectivity index (χ4v) is 5.40. The summed E-state index contributed by atoms with van der Waals surface area (Å²) < 4.78 is 10.2. The molecular weight excluding hydrogens is 525 g/mol. The van der Waals surface area contributed by atoms with Crippen LogP contribution in [0.5, 0.6) is 0 Å². The molecule has 1 heterocycles. The SMILES string of the molecule is CC(=O)NC(=O)OC[C@]1(Cl)C(Cl)[C@H](SC(C)=O)C(Cl)N1C(=O)OCc1ccc([N+](=O)[O-])cc1. The van der Waals surface area contributed by atoms with Gasteiger partial charge in [-0.2, -0.15) is 0 Å². The molecule has 0 saturated carbocycles. The molecule has 1 aromatic rings. The van der Waals surface area contributed by atoms with Gasteiger partial charge in [-0.25, -0.2) is 9.59 Å². The molecule has 180 valence electrons. The molecule has 0 spiro atoms. The van der Waals surface area contributed by atoms with Crippen LogP contribution in [-0.2, 0) is 25.7 Å². The Labute approximate surface area is 207 Å². The first-order valence-electron chi connectivity index (χ1n) is 9.15. The standard InChI is InChI=1S/C18H18Cl3N3O8S/c1-9(25)22-16(27)32-8-18(21)14(19)13(33-10(2)26)15(20)23(18)17(28)31-7-11-3-5-12(6-4-11)24(29)30/h3-6,13-15H,7-8H2,1-2H3,(H,22,25,27)/t13-,14?,15?,18+/m0/s1. The zero-order chi connectivity index (χ0) is 24.9. The van der Waals surface area contributed by atoms with Crippen LogP contribution in [0.3, 0.4) is 0 Å². The van der Waals surface area contributed by atoms with Crippen LogP contribution < -0.4 is 5.32 Å². The van der Waals surface area contributed by atoms with E-state index >= 15 is 0 Å². The van der Waals surface area contributed by atoms with Crippen LogP contribution in [0, 0.1) is 10.1 Å². The molecule has 15 heteroatoms. The van der Waals surface area contributed by atoms with Crippen molar-refractivity contribution in [3.05, 3.63) is 39.9 Å². The van der Waals surface area contributed by atoms with Gasteiger partial charge in [-0.15, -0.1) is 11.6 Å². The minimum Gasteiger partial charge on any atom is -0.445 e. The van der Waals surface area contributed by atoms with E-state index in [0.717, 1.165) is 23.6 Å². The number of imide groups is 1. The molecule has 1 aliphatic rings. The Kier molecular flexibility index (Phi) is 9.18. The number of alkyl carbamates (subject to hydrolysis) is 1. The summed E-state index contributed by atoms with van der Waals surface area (Å²) in [6, 6.07) is 5.28. The number of carbonyl (C=O) groups excluding carboxylic acids is 4. The molecule has 11 nitrogen and oxygen atoms in total. The Hall–Kier alpha value is -2.28. The number of non-ortho nitro benzene ring substituents is 1. The van der Waals surface area contributed by atoms with Crippen molar-refractivity contribution in [3.8, 4) is 0 Å². The minimum absolute atomic E-state index is 0.139. The maximum Gasteiger partial charge on any atom is 0.413 e. The largest absolute Gasteiger partial charge is 0.445 e. The normalized spacial score (nSPS) is 24.2. The van der Waals surface area contributed by atoms with Gasteiger partial charge < -0.3 is 9.47 Å². The molecule has 0 radical (unpaired) electrons.